The van der Waals surface area contributed by atoms with E-state index in [1.54, 1.807) is 29.5 Å². The molecule has 0 spiro atoms. The molecule has 0 aliphatic carbocycles. The Bertz CT molecular complexity index is 728. The van der Waals surface area contributed by atoms with Crippen molar-refractivity contribution in [3.63, 3.8) is 0 Å². The molecule has 4 nitrogen and oxygen atoms in total. The van der Waals surface area contributed by atoms with Gasteiger partial charge in [0, 0.05) is 17.5 Å². The van der Waals surface area contributed by atoms with E-state index < -0.39 is 6.61 Å². The van der Waals surface area contributed by atoms with Crippen molar-refractivity contribution in [2.24, 2.45) is 0 Å². The van der Waals surface area contributed by atoms with Crippen molar-refractivity contribution in [1.82, 2.24) is 5.32 Å². The van der Waals surface area contributed by atoms with E-state index in [1.807, 2.05) is 18.4 Å². The van der Waals surface area contributed by atoms with Crippen LogP contribution in [0.3, 0.4) is 0 Å². The molecular weight excluding hydrogens is 336 g/mol. The normalized spacial score (nSPS) is 11.0. The molecular formula is C17H17F2NO3S. The van der Waals surface area contributed by atoms with E-state index in [9.17, 15) is 13.6 Å². The van der Waals surface area contributed by atoms with Gasteiger partial charge in [0.2, 0.25) is 5.91 Å². The summed E-state index contributed by atoms with van der Waals surface area (Å²) in [5.74, 6) is -0.0999. The molecule has 1 N–H and O–H groups in total. The molecule has 0 unspecified atom stereocenters. The lowest BCUT2D eigenvalue weighted by molar-refractivity contribution is -0.116. The van der Waals surface area contributed by atoms with Crippen molar-refractivity contribution in [3.05, 3.63) is 51.7 Å². The molecule has 1 aromatic carbocycles. The van der Waals surface area contributed by atoms with E-state index in [2.05, 4.69) is 10.1 Å². The van der Waals surface area contributed by atoms with Crippen molar-refractivity contribution in [1.29, 1.82) is 0 Å². The largest absolute Gasteiger partial charge is 0.493 e. The summed E-state index contributed by atoms with van der Waals surface area (Å²) >= 11 is 1.56. The molecule has 2 rings (SSSR count). The highest BCUT2D eigenvalue weighted by molar-refractivity contribution is 7.11. The molecule has 0 aliphatic rings. The number of ether oxygens (including phenoxy) is 2. The summed E-state index contributed by atoms with van der Waals surface area (Å²) in [4.78, 5) is 12.9. The molecule has 1 heterocycles. The number of carbonyl (C=O) groups excluding carboxylic acids is 1. The summed E-state index contributed by atoms with van der Waals surface area (Å²) < 4.78 is 33.9. The molecule has 0 fully saturated rings. The summed E-state index contributed by atoms with van der Waals surface area (Å²) in [5.41, 5.74) is 1.82. The molecule has 0 aliphatic heterocycles. The zero-order valence-electron chi connectivity index (χ0n) is 13.2. The Morgan fingerprint density at radius 1 is 1.33 bits per heavy atom. The second-order valence-electron chi connectivity index (χ2n) is 4.88. The van der Waals surface area contributed by atoms with Crippen LogP contribution in [0.15, 0.2) is 35.7 Å². The monoisotopic (exact) mass is 353 g/mol. The van der Waals surface area contributed by atoms with E-state index in [0.29, 0.717) is 5.56 Å². The van der Waals surface area contributed by atoms with Crippen LogP contribution < -0.4 is 14.8 Å². The minimum atomic E-state index is -2.92. The maximum absolute atomic E-state index is 12.3. The van der Waals surface area contributed by atoms with Crippen molar-refractivity contribution < 1.29 is 23.0 Å². The van der Waals surface area contributed by atoms with Gasteiger partial charge in [-0.1, -0.05) is 6.07 Å². The molecule has 0 atom stereocenters. The van der Waals surface area contributed by atoms with Gasteiger partial charge in [-0.25, -0.2) is 0 Å². The molecule has 128 valence electrons. The van der Waals surface area contributed by atoms with Gasteiger partial charge >= 0.3 is 6.61 Å². The molecule has 2 aromatic rings. The van der Waals surface area contributed by atoms with Gasteiger partial charge in [-0.2, -0.15) is 8.78 Å². The van der Waals surface area contributed by atoms with Gasteiger partial charge in [0.1, 0.15) is 0 Å². The smallest absolute Gasteiger partial charge is 0.387 e. The van der Waals surface area contributed by atoms with E-state index in [0.717, 1.165) is 10.4 Å². The van der Waals surface area contributed by atoms with Gasteiger partial charge in [-0.3, -0.25) is 4.79 Å². The maximum Gasteiger partial charge on any atom is 0.387 e. The third-order valence-corrected chi connectivity index (χ3v) is 4.18. The highest BCUT2D eigenvalue weighted by atomic mass is 32.1. The van der Waals surface area contributed by atoms with E-state index >= 15 is 0 Å². The van der Waals surface area contributed by atoms with Gasteiger partial charge in [0.15, 0.2) is 11.5 Å². The Morgan fingerprint density at radius 2 is 2.12 bits per heavy atom. The van der Waals surface area contributed by atoms with Gasteiger partial charge in [-0.15, -0.1) is 11.3 Å². The average molecular weight is 353 g/mol. The standard InChI is InChI=1S/C17H17F2NO3S/c1-11-7-8-24-15(11)5-6-16(21)20-10-12-3-4-13(23-17(18)19)14(9-12)22-2/h3-9,17H,10H2,1-2H3,(H,20,21)/b6-5+. The van der Waals surface area contributed by atoms with Crippen molar-refractivity contribution in [2.45, 2.75) is 20.1 Å². The topological polar surface area (TPSA) is 47.6 Å². The first-order valence-electron chi connectivity index (χ1n) is 7.11. The molecule has 1 amide bonds. The maximum atomic E-state index is 12.3. The first-order valence-corrected chi connectivity index (χ1v) is 7.99. The minimum absolute atomic E-state index is 0.0457. The number of aryl methyl sites for hydroxylation is 1. The van der Waals surface area contributed by atoms with Crippen LogP contribution in [0.1, 0.15) is 16.0 Å². The number of thiophene rings is 1. The second kappa shape index (κ2) is 8.44. The van der Waals surface area contributed by atoms with Crippen LogP contribution in [0, 0.1) is 6.92 Å². The number of hydrogen-bond acceptors (Lipinski definition) is 4. The number of rotatable bonds is 7. The highest BCUT2D eigenvalue weighted by Gasteiger charge is 2.11. The van der Waals surface area contributed by atoms with Gasteiger partial charge in [0.25, 0.3) is 0 Å². The minimum Gasteiger partial charge on any atom is -0.493 e. The number of carbonyl (C=O) groups is 1. The average Bonchev–Trinajstić information content (AvgIpc) is 2.96. The van der Waals surface area contributed by atoms with Crippen LogP contribution in [-0.4, -0.2) is 19.6 Å². The van der Waals surface area contributed by atoms with Crippen molar-refractivity contribution >= 4 is 23.3 Å². The quantitative estimate of drug-likeness (QED) is 0.766. The number of alkyl halides is 2. The summed E-state index contributed by atoms with van der Waals surface area (Å²) in [6.07, 6.45) is 3.22. The molecule has 24 heavy (non-hydrogen) atoms. The second-order valence-corrected chi connectivity index (χ2v) is 5.83. The summed E-state index contributed by atoms with van der Waals surface area (Å²) in [5, 5.41) is 4.69. The number of nitrogens with one attached hydrogen (secondary N) is 1. The number of hydrogen-bond donors (Lipinski definition) is 1. The SMILES string of the molecule is COc1cc(CNC(=O)/C=C/c2sccc2C)ccc1OC(F)F. The van der Waals surface area contributed by atoms with E-state index in [1.165, 1.54) is 19.3 Å². The van der Waals surface area contributed by atoms with Crippen LogP contribution in [0.25, 0.3) is 6.08 Å². The lowest BCUT2D eigenvalue weighted by Crippen LogP contribution is -2.20. The number of methoxy groups -OCH3 is 1. The first-order chi connectivity index (χ1) is 11.5. The number of amides is 1. The highest BCUT2D eigenvalue weighted by Crippen LogP contribution is 2.29. The Hall–Kier alpha value is -2.41. The lowest BCUT2D eigenvalue weighted by Gasteiger charge is -2.11. The molecule has 0 saturated heterocycles. The first kappa shape index (κ1) is 17.9. The fourth-order valence-electron chi connectivity index (χ4n) is 1.97. The zero-order valence-corrected chi connectivity index (χ0v) is 14.0. The molecule has 7 heteroatoms. The summed E-state index contributed by atoms with van der Waals surface area (Å²) in [7, 11) is 1.36. The Labute approximate surface area is 142 Å². The molecule has 0 saturated carbocycles. The van der Waals surface area contributed by atoms with Crippen LogP contribution >= 0.6 is 11.3 Å². The van der Waals surface area contributed by atoms with Crippen LogP contribution in [-0.2, 0) is 11.3 Å². The van der Waals surface area contributed by atoms with E-state index in [4.69, 9.17) is 4.74 Å². The third kappa shape index (κ3) is 5.06. The van der Waals surface area contributed by atoms with Gasteiger partial charge in [-0.05, 0) is 47.7 Å². The van der Waals surface area contributed by atoms with Crippen LogP contribution in [0.5, 0.6) is 11.5 Å². The number of halogens is 2. The fourth-order valence-corrected chi connectivity index (χ4v) is 2.79. The molecule has 0 radical (unpaired) electrons. The Morgan fingerprint density at radius 3 is 2.75 bits per heavy atom. The summed E-state index contributed by atoms with van der Waals surface area (Å²) in [6.45, 7) is -0.698. The van der Waals surface area contributed by atoms with Gasteiger partial charge < -0.3 is 14.8 Å². The van der Waals surface area contributed by atoms with E-state index in [-0.39, 0.29) is 24.0 Å². The lowest BCUT2D eigenvalue weighted by atomic mass is 10.2. The third-order valence-electron chi connectivity index (χ3n) is 3.20. The zero-order chi connectivity index (χ0) is 17.5. The van der Waals surface area contributed by atoms with Gasteiger partial charge in [0.05, 0.1) is 7.11 Å². The Balaban J connectivity index is 1.95. The predicted octanol–water partition coefficient (Wildman–Crippen LogP) is 4.00. The van der Waals surface area contributed by atoms with Crippen molar-refractivity contribution in [3.8, 4) is 11.5 Å². The van der Waals surface area contributed by atoms with Crippen molar-refractivity contribution in [2.75, 3.05) is 7.11 Å². The Kier molecular flexibility index (Phi) is 6.31. The molecule has 0 bridgehead atoms. The van der Waals surface area contributed by atoms with Crippen LogP contribution in [0.2, 0.25) is 0 Å². The summed E-state index contributed by atoms with van der Waals surface area (Å²) in [6, 6.07) is 6.51. The molecule has 1 aromatic heterocycles. The number of benzene rings is 1. The predicted molar refractivity (Wildman–Crippen MR) is 89.6 cm³/mol. The van der Waals surface area contributed by atoms with Crippen LogP contribution in [0.4, 0.5) is 8.78 Å². The fraction of sp³-hybridized carbons (Fsp3) is 0.235.